The number of aromatic nitrogens is 4. The molecule has 2 aromatic heterocycles. The fraction of sp³-hybridized carbons (Fsp3) is 0.522. The number of aliphatic hydroxyl groups excluding tert-OH is 3. The lowest BCUT2D eigenvalue weighted by atomic mass is 9.90. The van der Waals surface area contributed by atoms with Crippen LogP contribution in [0.5, 0.6) is 0 Å². The molecule has 1 aliphatic heterocycles. The first-order chi connectivity index (χ1) is 17.2. The van der Waals surface area contributed by atoms with Gasteiger partial charge in [-0.15, -0.1) is 5.10 Å². The lowest BCUT2D eigenvalue weighted by Crippen LogP contribution is -2.56. The predicted octanol–water partition coefficient (Wildman–Crippen LogP) is 1.38. The maximum atomic E-state index is 13.7. The molecule has 2 fully saturated rings. The van der Waals surface area contributed by atoms with Gasteiger partial charge in [-0.3, -0.25) is 0 Å². The van der Waals surface area contributed by atoms with Crippen molar-refractivity contribution in [3.63, 3.8) is 0 Å². The third kappa shape index (κ3) is 4.41. The zero-order valence-electron chi connectivity index (χ0n) is 19.0. The molecule has 0 unspecified atom stereocenters. The van der Waals surface area contributed by atoms with Crippen LogP contribution in [0.3, 0.4) is 0 Å². The molecule has 1 aromatic carbocycles. The maximum Gasteiger partial charge on any atom is 0.194 e. The minimum absolute atomic E-state index is 0.0262. The van der Waals surface area contributed by atoms with E-state index in [1.807, 2.05) is 0 Å². The molecule has 13 heteroatoms. The fourth-order valence-corrected chi connectivity index (χ4v) is 4.96. The highest BCUT2D eigenvalue weighted by Crippen LogP contribution is 2.39. The summed E-state index contributed by atoms with van der Waals surface area (Å²) in [5, 5.41) is 54.0. The second-order valence-electron chi connectivity index (χ2n) is 9.33. The van der Waals surface area contributed by atoms with Gasteiger partial charge in [-0.05, 0) is 37.8 Å². The Bertz CT molecular complexity index is 1210. The van der Waals surface area contributed by atoms with E-state index in [0.717, 1.165) is 29.7 Å². The van der Waals surface area contributed by atoms with Gasteiger partial charge >= 0.3 is 0 Å². The molecule has 36 heavy (non-hydrogen) atoms. The maximum absolute atomic E-state index is 13.7. The molecule has 5 atom stereocenters. The van der Waals surface area contributed by atoms with Gasteiger partial charge < -0.3 is 29.7 Å². The first kappa shape index (κ1) is 24.8. The van der Waals surface area contributed by atoms with E-state index in [2.05, 4.69) is 15.5 Å². The van der Waals surface area contributed by atoms with Gasteiger partial charge in [0.05, 0.1) is 24.6 Å². The van der Waals surface area contributed by atoms with E-state index in [4.69, 9.17) is 9.26 Å². The minimum Gasteiger partial charge on any atom is -0.394 e. The molecule has 0 spiro atoms. The van der Waals surface area contributed by atoms with Crippen LogP contribution in [-0.4, -0.2) is 71.6 Å². The van der Waals surface area contributed by atoms with E-state index in [-0.39, 0.29) is 17.7 Å². The summed E-state index contributed by atoms with van der Waals surface area (Å²) in [6, 6.07) is 1.95. The quantitative estimate of drug-likeness (QED) is 0.361. The van der Waals surface area contributed by atoms with E-state index in [1.54, 1.807) is 6.07 Å². The second kappa shape index (κ2) is 9.56. The largest absolute Gasteiger partial charge is 0.394 e. The van der Waals surface area contributed by atoms with Crippen molar-refractivity contribution in [1.29, 1.82) is 0 Å². The highest BCUT2D eigenvalue weighted by atomic mass is 19.2. The number of ether oxygens (including phenoxy) is 1. The van der Waals surface area contributed by atoms with E-state index >= 15 is 0 Å². The first-order valence-corrected chi connectivity index (χ1v) is 11.6. The normalized spacial score (nSPS) is 28.0. The first-order valence-electron chi connectivity index (χ1n) is 11.6. The Kier molecular flexibility index (Phi) is 6.59. The molecule has 0 radical (unpaired) electrons. The van der Waals surface area contributed by atoms with E-state index in [9.17, 15) is 33.6 Å². The van der Waals surface area contributed by atoms with Crippen LogP contribution in [0.15, 0.2) is 28.9 Å². The lowest BCUT2D eigenvalue weighted by molar-refractivity contribution is -0.205. The van der Waals surface area contributed by atoms with Crippen LogP contribution in [0.1, 0.15) is 43.2 Å². The summed E-state index contributed by atoms with van der Waals surface area (Å²) in [4.78, 5) is 0. The van der Waals surface area contributed by atoms with Crippen molar-refractivity contribution in [2.24, 2.45) is 0 Å². The zero-order chi connectivity index (χ0) is 25.6. The van der Waals surface area contributed by atoms with Gasteiger partial charge in [0, 0.05) is 18.1 Å². The van der Waals surface area contributed by atoms with Gasteiger partial charge in [-0.1, -0.05) is 10.4 Å². The third-order valence-electron chi connectivity index (χ3n) is 6.95. The highest BCUT2D eigenvalue weighted by Gasteiger charge is 2.46. The number of aliphatic hydroxyl groups is 4. The Labute approximate surface area is 202 Å². The van der Waals surface area contributed by atoms with Crippen LogP contribution >= 0.6 is 0 Å². The molecule has 0 bridgehead atoms. The topological polar surface area (TPSA) is 147 Å². The molecule has 2 aliphatic rings. The van der Waals surface area contributed by atoms with Gasteiger partial charge in [-0.2, -0.15) is 0 Å². The van der Waals surface area contributed by atoms with E-state index in [1.165, 1.54) is 6.20 Å². The Morgan fingerprint density at radius 1 is 1.03 bits per heavy atom. The van der Waals surface area contributed by atoms with Crippen molar-refractivity contribution < 1.29 is 42.9 Å². The Balaban J connectivity index is 1.39. The molecule has 3 heterocycles. The molecule has 3 aromatic rings. The van der Waals surface area contributed by atoms with Crippen molar-refractivity contribution in [2.75, 3.05) is 6.61 Å². The molecule has 1 saturated carbocycles. The standard InChI is InChI=1S/C23H25F3N4O6/c24-13-5-11(6-14(25)19(13)26)15-9-30(29-27-15)20-21(32)16(35-17(10-31)22(20)33)7-12-8-18(36-28-12)23(34)3-1-2-4-23/h5-6,8-9,16-17,20-22,31-34H,1-4,7,10H2/t16-,17-,20-,21+,22+/m1/s1. The lowest BCUT2D eigenvalue weighted by Gasteiger charge is -2.42. The summed E-state index contributed by atoms with van der Waals surface area (Å²) < 4.78 is 52.8. The van der Waals surface area contributed by atoms with Crippen molar-refractivity contribution >= 4 is 0 Å². The summed E-state index contributed by atoms with van der Waals surface area (Å²) in [5.74, 6) is -4.10. The smallest absolute Gasteiger partial charge is 0.194 e. The van der Waals surface area contributed by atoms with E-state index < -0.39 is 60.1 Å². The van der Waals surface area contributed by atoms with Crippen LogP contribution < -0.4 is 0 Å². The summed E-state index contributed by atoms with van der Waals surface area (Å²) >= 11 is 0. The molecule has 5 rings (SSSR count). The van der Waals surface area contributed by atoms with Gasteiger partial charge in [0.2, 0.25) is 0 Å². The molecule has 1 aliphatic carbocycles. The van der Waals surface area contributed by atoms with Crippen LogP contribution in [-0.2, 0) is 16.8 Å². The molecule has 1 saturated heterocycles. The van der Waals surface area contributed by atoms with Crippen molar-refractivity contribution in [3.05, 3.63) is 53.3 Å². The van der Waals surface area contributed by atoms with Gasteiger partial charge in [-0.25, -0.2) is 17.9 Å². The molecular weight excluding hydrogens is 485 g/mol. The number of hydrogen-bond acceptors (Lipinski definition) is 9. The number of nitrogens with zero attached hydrogens (tertiary/aromatic N) is 4. The van der Waals surface area contributed by atoms with Crippen LogP contribution in [0.25, 0.3) is 11.3 Å². The van der Waals surface area contributed by atoms with Crippen molar-refractivity contribution in [2.45, 2.75) is 68.2 Å². The summed E-state index contributed by atoms with van der Waals surface area (Å²) in [6.07, 6.45) is -0.707. The number of benzene rings is 1. The SMILES string of the molecule is OC[C@H]1O[C@H](Cc2cc(C3(O)CCCC3)on2)[C@H](O)[C@@H](n2cc(-c3cc(F)c(F)c(F)c3)nn2)[C@H]1O. The average Bonchev–Trinajstić information content (AvgIpc) is 3.61. The summed E-state index contributed by atoms with van der Waals surface area (Å²) in [6.45, 7) is -0.569. The van der Waals surface area contributed by atoms with Gasteiger partial charge in [0.25, 0.3) is 0 Å². The fourth-order valence-electron chi connectivity index (χ4n) is 4.96. The van der Waals surface area contributed by atoms with Gasteiger partial charge in [0.1, 0.15) is 35.6 Å². The molecule has 0 amide bonds. The third-order valence-corrected chi connectivity index (χ3v) is 6.95. The van der Waals surface area contributed by atoms with Crippen molar-refractivity contribution in [3.8, 4) is 11.3 Å². The van der Waals surface area contributed by atoms with Gasteiger partial charge in [0.15, 0.2) is 23.2 Å². The molecular formula is C23H25F3N4O6. The summed E-state index contributed by atoms with van der Waals surface area (Å²) in [7, 11) is 0. The second-order valence-corrected chi connectivity index (χ2v) is 9.33. The molecule has 10 nitrogen and oxygen atoms in total. The summed E-state index contributed by atoms with van der Waals surface area (Å²) in [5.41, 5.74) is -0.802. The number of rotatable bonds is 6. The Hall–Kier alpha value is -2.84. The Morgan fingerprint density at radius 2 is 1.69 bits per heavy atom. The van der Waals surface area contributed by atoms with Crippen LogP contribution in [0, 0.1) is 17.5 Å². The highest BCUT2D eigenvalue weighted by molar-refractivity contribution is 5.57. The van der Waals surface area contributed by atoms with Crippen molar-refractivity contribution in [1.82, 2.24) is 20.2 Å². The van der Waals surface area contributed by atoms with E-state index in [0.29, 0.717) is 24.3 Å². The predicted molar refractivity (Wildman–Crippen MR) is 115 cm³/mol. The number of hydrogen-bond donors (Lipinski definition) is 4. The van der Waals surface area contributed by atoms with Crippen LogP contribution in [0.2, 0.25) is 0 Å². The monoisotopic (exact) mass is 510 g/mol. The zero-order valence-corrected chi connectivity index (χ0v) is 19.0. The van der Waals surface area contributed by atoms with Crippen LogP contribution in [0.4, 0.5) is 13.2 Å². The number of halogens is 3. The molecule has 194 valence electrons. The minimum atomic E-state index is -1.62. The Morgan fingerprint density at radius 3 is 2.36 bits per heavy atom. The molecule has 4 N–H and O–H groups in total. The average molecular weight is 510 g/mol.